The summed E-state index contributed by atoms with van der Waals surface area (Å²) in [4.78, 5) is 11.5. The Morgan fingerprint density at radius 2 is 2.07 bits per heavy atom. The van der Waals surface area contributed by atoms with Crippen molar-refractivity contribution in [2.24, 2.45) is 5.92 Å². The number of anilines is 1. The number of amides is 1. The zero-order valence-corrected chi connectivity index (χ0v) is 16.2. The highest BCUT2D eigenvalue weighted by Crippen LogP contribution is 2.40. The molecule has 0 bridgehead atoms. The molecule has 28 heavy (non-hydrogen) atoms. The van der Waals surface area contributed by atoms with Crippen molar-refractivity contribution in [3.63, 3.8) is 0 Å². The third-order valence-electron chi connectivity index (χ3n) is 5.38. The molecule has 1 amide bonds. The minimum Gasteiger partial charge on any atom is -0.396 e. The largest absolute Gasteiger partial charge is 0.396 e. The van der Waals surface area contributed by atoms with Gasteiger partial charge in [0.25, 0.3) is 0 Å². The summed E-state index contributed by atoms with van der Waals surface area (Å²) in [6, 6.07) is 14.4. The van der Waals surface area contributed by atoms with Crippen molar-refractivity contribution in [1.29, 1.82) is 0 Å². The Bertz CT molecular complexity index is 815. The van der Waals surface area contributed by atoms with Gasteiger partial charge in [0.15, 0.2) is 0 Å². The lowest BCUT2D eigenvalue weighted by Crippen LogP contribution is -2.51. The second-order valence-electron chi connectivity index (χ2n) is 7.26. The first-order valence-electron chi connectivity index (χ1n) is 9.59. The van der Waals surface area contributed by atoms with Gasteiger partial charge in [-0.3, -0.25) is 10.1 Å². The Kier molecular flexibility index (Phi) is 6.44. The van der Waals surface area contributed by atoms with Gasteiger partial charge in [-0.05, 0) is 30.2 Å². The van der Waals surface area contributed by atoms with E-state index in [1.54, 1.807) is 6.07 Å². The first kappa shape index (κ1) is 20.5. The van der Waals surface area contributed by atoms with Gasteiger partial charge < -0.3 is 15.2 Å². The van der Waals surface area contributed by atoms with Crippen LogP contribution in [0.2, 0.25) is 0 Å². The molecular weight excluding hydrogens is 359 g/mol. The SMILES string of the molecule is CC[C@@H](N[C@@]1(c2cc(NC(C)=O)ccc2F)COC[C@H]1CO)c1ccccc1. The van der Waals surface area contributed by atoms with Gasteiger partial charge in [0.05, 0.1) is 25.4 Å². The summed E-state index contributed by atoms with van der Waals surface area (Å²) in [5.41, 5.74) is 1.10. The maximum Gasteiger partial charge on any atom is 0.221 e. The lowest BCUT2D eigenvalue weighted by molar-refractivity contribution is -0.114. The van der Waals surface area contributed by atoms with Crippen LogP contribution in [0.1, 0.15) is 37.4 Å². The van der Waals surface area contributed by atoms with Crippen LogP contribution in [-0.2, 0) is 15.1 Å². The number of carbonyl (C=O) groups is 1. The third-order valence-corrected chi connectivity index (χ3v) is 5.38. The quantitative estimate of drug-likeness (QED) is 0.682. The highest BCUT2D eigenvalue weighted by molar-refractivity contribution is 5.88. The van der Waals surface area contributed by atoms with Gasteiger partial charge in [0.1, 0.15) is 5.82 Å². The molecule has 2 aromatic carbocycles. The monoisotopic (exact) mass is 386 g/mol. The van der Waals surface area contributed by atoms with Crippen LogP contribution in [0, 0.1) is 11.7 Å². The second-order valence-corrected chi connectivity index (χ2v) is 7.26. The van der Waals surface area contributed by atoms with Gasteiger partial charge in [0, 0.05) is 30.1 Å². The van der Waals surface area contributed by atoms with E-state index in [1.807, 2.05) is 30.3 Å². The first-order valence-corrected chi connectivity index (χ1v) is 9.59. The lowest BCUT2D eigenvalue weighted by Gasteiger charge is -2.38. The molecule has 0 aliphatic carbocycles. The number of hydrogen-bond donors (Lipinski definition) is 3. The molecule has 6 heteroatoms. The zero-order chi connectivity index (χ0) is 20.1. The number of benzene rings is 2. The molecule has 0 saturated carbocycles. The van der Waals surface area contributed by atoms with Crippen LogP contribution in [0.4, 0.5) is 10.1 Å². The van der Waals surface area contributed by atoms with Gasteiger partial charge in [0.2, 0.25) is 5.91 Å². The number of halogens is 1. The average molecular weight is 386 g/mol. The smallest absolute Gasteiger partial charge is 0.221 e. The van der Waals surface area contributed by atoms with E-state index in [0.29, 0.717) is 17.9 Å². The average Bonchev–Trinajstić information content (AvgIpc) is 3.11. The Morgan fingerprint density at radius 3 is 2.71 bits per heavy atom. The molecule has 0 aromatic heterocycles. The summed E-state index contributed by atoms with van der Waals surface area (Å²) in [5, 5.41) is 16.3. The fourth-order valence-electron chi connectivity index (χ4n) is 3.93. The number of rotatable bonds is 7. The predicted octanol–water partition coefficient (Wildman–Crippen LogP) is 3.36. The van der Waals surface area contributed by atoms with Crippen LogP contribution in [0.25, 0.3) is 0 Å². The molecule has 150 valence electrons. The summed E-state index contributed by atoms with van der Waals surface area (Å²) in [7, 11) is 0. The summed E-state index contributed by atoms with van der Waals surface area (Å²) in [6.45, 7) is 3.91. The van der Waals surface area contributed by atoms with Crippen molar-refractivity contribution < 1.29 is 19.0 Å². The van der Waals surface area contributed by atoms with Crippen molar-refractivity contribution in [2.45, 2.75) is 31.8 Å². The molecule has 2 aromatic rings. The van der Waals surface area contributed by atoms with Crippen LogP contribution >= 0.6 is 0 Å². The number of aliphatic hydroxyl groups is 1. The van der Waals surface area contributed by atoms with E-state index in [4.69, 9.17) is 4.74 Å². The normalized spacial score (nSPS) is 22.8. The Balaban J connectivity index is 2.05. The van der Waals surface area contributed by atoms with Crippen LogP contribution in [0.3, 0.4) is 0 Å². The van der Waals surface area contributed by atoms with E-state index in [0.717, 1.165) is 12.0 Å². The number of hydrogen-bond acceptors (Lipinski definition) is 4. The lowest BCUT2D eigenvalue weighted by atomic mass is 9.79. The third kappa shape index (κ3) is 4.09. The fraction of sp³-hybridized carbons (Fsp3) is 0.409. The number of carbonyl (C=O) groups excluding carboxylic acids is 1. The van der Waals surface area contributed by atoms with E-state index in [-0.39, 0.29) is 31.1 Å². The number of ether oxygens (including phenoxy) is 1. The second kappa shape index (κ2) is 8.82. The first-order chi connectivity index (χ1) is 13.5. The maximum atomic E-state index is 15.0. The summed E-state index contributed by atoms with van der Waals surface area (Å²) < 4.78 is 20.7. The molecule has 1 aliphatic rings. The Labute approximate surface area is 164 Å². The minimum absolute atomic E-state index is 0.0410. The molecule has 0 unspecified atom stereocenters. The Hall–Kier alpha value is -2.28. The fourth-order valence-corrected chi connectivity index (χ4v) is 3.93. The van der Waals surface area contributed by atoms with Gasteiger partial charge >= 0.3 is 0 Å². The van der Waals surface area contributed by atoms with Gasteiger partial charge in [-0.15, -0.1) is 0 Å². The molecule has 3 N–H and O–H groups in total. The topological polar surface area (TPSA) is 70.6 Å². The van der Waals surface area contributed by atoms with E-state index in [1.165, 1.54) is 19.1 Å². The maximum absolute atomic E-state index is 15.0. The van der Waals surface area contributed by atoms with Crippen LogP contribution in [-0.4, -0.2) is 30.8 Å². The summed E-state index contributed by atoms with van der Waals surface area (Å²) in [5.74, 6) is -0.933. The minimum atomic E-state index is -0.899. The molecule has 1 saturated heterocycles. The van der Waals surface area contributed by atoms with E-state index >= 15 is 0 Å². The molecule has 1 fully saturated rings. The van der Waals surface area contributed by atoms with Crippen molar-refractivity contribution in [3.05, 3.63) is 65.5 Å². The van der Waals surface area contributed by atoms with E-state index < -0.39 is 11.4 Å². The highest BCUT2D eigenvalue weighted by Gasteiger charge is 2.48. The highest BCUT2D eigenvalue weighted by atomic mass is 19.1. The van der Waals surface area contributed by atoms with Gasteiger partial charge in [-0.25, -0.2) is 4.39 Å². The molecule has 0 spiro atoms. The molecule has 1 aliphatic heterocycles. The summed E-state index contributed by atoms with van der Waals surface area (Å²) >= 11 is 0. The van der Waals surface area contributed by atoms with Crippen LogP contribution in [0.15, 0.2) is 48.5 Å². The molecule has 5 nitrogen and oxygen atoms in total. The summed E-state index contributed by atoms with van der Waals surface area (Å²) in [6.07, 6.45) is 0.789. The molecule has 3 rings (SSSR count). The zero-order valence-electron chi connectivity index (χ0n) is 16.2. The van der Waals surface area contributed by atoms with Gasteiger partial charge in [-0.2, -0.15) is 0 Å². The number of nitrogens with one attached hydrogen (secondary N) is 2. The Morgan fingerprint density at radius 1 is 1.32 bits per heavy atom. The van der Waals surface area contributed by atoms with Crippen LogP contribution < -0.4 is 10.6 Å². The predicted molar refractivity (Wildman–Crippen MR) is 106 cm³/mol. The van der Waals surface area contributed by atoms with Crippen LogP contribution in [0.5, 0.6) is 0 Å². The number of aliphatic hydroxyl groups excluding tert-OH is 1. The standard InChI is InChI=1S/C22H27FN2O3/c1-3-21(16-7-5-4-6-8-16)25-22(14-28-13-17(22)12-26)19-11-18(24-15(2)27)9-10-20(19)23/h4-11,17,21,25-26H,3,12-14H2,1-2H3,(H,24,27)/t17-,21-,22+/m1/s1. The van der Waals surface area contributed by atoms with Gasteiger partial charge in [-0.1, -0.05) is 37.3 Å². The van der Waals surface area contributed by atoms with Crippen molar-refractivity contribution in [3.8, 4) is 0 Å². The molecular formula is C22H27FN2O3. The molecule has 3 atom stereocenters. The van der Waals surface area contributed by atoms with E-state index in [2.05, 4.69) is 17.6 Å². The van der Waals surface area contributed by atoms with Crippen molar-refractivity contribution in [1.82, 2.24) is 5.32 Å². The van der Waals surface area contributed by atoms with Crippen molar-refractivity contribution in [2.75, 3.05) is 25.1 Å². The molecule has 1 heterocycles. The molecule has 0 radical (unpaired) electrons. The van der Waals surface area contributed by atoms with E-state index in [9.17, 15) is 14.3 Å². The van der Waals surface area contributed by atoms with Crippen molar-refractivity contribution >= 4 is 11.6 Å².